The standard InChI is InChI=1S/C29H41IN4O/c1-4-5-9-25(20-30)12-15-28-32-27(21-34(28)22-29(35)31-23(2)3)26-13-10-24(11-14-26)16-19-33-17-7-6-8-18-33/h4-5,9-15,21,23,28,32H,6-8,16-20,22H2,1-3H3,(H,31,35)/b5-4-,15-12+,25-9+. The number of alkyl halides is 1. The van der Waals surface area contributed by atoms with E-state index in [1.807, 2.05) is 26.8 Å². The minimum Gasteiger partial charge on any atom is -0.360 e. The maximum atomic E-state index is 12.5. The van der Waals surface area contributed by atoms with Crippen molar-refractivity contribution in [3.05, 3.63) is 77.5 Å². The lowest BCUT2D eigenvalue weighted by molar-refractivity contribution is -0.122. The van der Waals surface area contributed by atoms with Gasteiger partial charge in [-0.2, -0.15) is 0 Å². The lowest BCUT2D eigenvalue weighted by Gasteiger charge is -2.26. The zero-order chi connectivity index (χ0) is 25.0. The number of rotatable bonds is 11. The fourth-order valence-electron chi connectivity index (χ4n) is 4.42. The average Bonchev–Trinajstić information content (AvgIpc) is 3.25. The smallest absolute Gasteiger partial charge is 0.239 e. The Morgan fingerprint density at radius 3 is 2.60 bits per heavy atom. The molecule has 0 bridgehead atoms. The molecular weight excluding hydrogens is 547 g/mol. The Bertz CT molecular complexity index is 927. The van der Waals surface area contributed by atoms with Crippen molar-refractivity contribution < 1.29 is 4.79 Å². The Labute approximate surface area is 225 Å². The molecular formula is C29H41IN4O. The number of amides is 1. The first-order valence-corrected chi connectivity index (χ1v) is 14.4. The third-order valence-electron chi connectivity index (χ3n) is 6.31. The number of likely N-dealkylation sites (tertiary alicyclic amines) is 1. The van der Waals surface area contributed by atoms with Crippen LogP contribution in [-0.2, 0) is 11.2 Å². The van der Waals surface area contributed by atoms with Crippen LogP contribution in [0.2, 0.25) is 0 Å². The second-order valence-electron chi connectivity index (χ2n) is 9.64. The maximum absolute atomic E-state index is 12.5. The molecule has 1 aromatic carbocycles. The molecule has 1 amide bonds. The predicted octanol–water partition coefficient (Wildman–Crippen LogP) is 5.26. The molecule has 1 saturated heterocycles. The SMILES string of the molecule is C\C=C/C=C(\C=C\C1NC(c2ccc(CCN3CCCCC3)cc2)=CN1CC(=O)NC(C)C)CI. The molecule has 190 valence electrons. The van der Waals surface area contributed by atoms with Crippen LogP contribution in [0.1, 0.15) is 51.2 Å². The highest BCUT2D eigenvalue weighted by Crippen LogP contribution is 2.22. The predicted molar refractivity (Wildman–Crippen MR) is 156 cm³/mol. The molecule has 1 aromatic rings. The van der Waals surface area contributed by atoms with E-state index in [4.69, 9.17) is 0 Å². The van der Waals surface area contributed by atoms with Crippen molar-refractivity contribution in [2.45, 2.75) is 58.7 Å². The molecule has 0 spiro atoms. The van der Waals surface area contributed by atoms with Gasteiger partial charge in [0, 0.05) is 23.2 Å². The normalized spacial score (nSPS) is 19.6. The number of hydrogen-bond acceptors (Lipinski definition) is 4. The Kier molecular flexibility index (Phi) is 11.4. The second-order valence-corrected chi connectivity index (χ2v) is 10.4. The number of carbonyl (C=O) groups is 1. The summed E-state index contributed by atoms with van der Waals surface area (Å²) in [5.74, 6) is 0.0318. The minimum atomic E-state index is -0.0707. The van der Waals surface area contributed by atoms with Crippen molar-refractivity contribution in [2.24, 2.45) is 0 Å². The van der Waals surface area contributed by atoms with Gasteiger partial charge in [-0.15, -0.1) is 0 Å². The Balaban J connectivity index is 1.69. The first-order valence-electron chi connectivity index (χ1n) is 12.9. The van der Waals surface area contributed by atoms with Crippen LogP contribution in [0.5, 0.6) is 0 Å². The summed E-state index contributed by atoms with van der Waals surface area (Å²) in [7, 11) is 0. The molecule has 0 radical (unpaired) electrons. The molecule has 6 heteroatoms. The largest absolute Gasteiger partial charge is 0.360 e. The maximum Gasteiger partial charge on any atom is 0.239 e. The lowest BCUT2D eigenvalue weighted by atomic mass is 10.1. The fourth-order valence-corrected chi connectivity index (χ4v) is 4.93. The van der Waals surface area contributed by atoms with E-state index in [9.17, 15) is 4.79 Å². The monoisotopic (exact) mass is 588 g/mol. The van der Waals surface area contributed by atoms with E-state index >= 15 is 0 Å². The van der Waals surface area contributed by atoms with Gasteiger partial charge in [0.05, 0.1) is 12.2 Å². The van der Waals surface area contributed by atoms with Gasteiger partial charge in [-0.05, 0) is 75.9 Å². The highest BCUT2D eigenvalue weighted by molar-refractivity contribution is 14.1. The van der Waals surface area contributed by atoms with Gasteiger partial charge < -0.3 is 20.4 Å². The van der Waals surface area contributed by atoms with E-state index < -0.39 is 0 Å². The van der Waals surface area contributed by atoms with Crippen LogP contribution in [0.25, 0.3) is 5.70 Å². The van der Waals surface area contributed by atoms with Gasteiger partial charge in [-0.3, -0.25) is 4.79 Å². The minimum absolute atomic E-state index is 0.0318. The molecule has 1 fully saturated rings. The summed E-state index contributed by atoms with van der Waals surface area (Å²) in [5, 5.41) is 6.63. The quantitative estimate of drug-likeness (QED) is 0.210. The van der Waals surface area contributed by atoms with E-state index in [1.165, 1.54) is 43.5 Å². The number of piperidine rings is 1. The molecule has 5 nitrogen and oxygen atoms in total. The Hall–Kier alpha value is -2.06. The lowest BCUT2D eigenvalue weighted by Crippen LogP contribution is -2.42. The number of carbonyl (C=O) groups excluding carboxylic acids is 1. The van der Waals surface area contributed by atoms with Gasteiger partial charge in [-0.1, -0.05) is 77.6 Å². The fraction of sp³-hybridized carbons (Fsp3) is 0.483. The molecule has 1 unspecified atom stereocenters. The van der Waals surface area contributed by atoms with Crippen LogP contribution in [0.15, 0.2) is 66.4 Å². The number of benzene rings is 1. The molecule has 2 aliphatic rings. The Morgan fingerprint density at radius 2 is 1.94 bits per heavy atom. The highest BCUT2D eigenvalue weighted by Gasteiger charge is 2.24. The van der Waals surface area contributed by atoms with Gasteiger partial charge in [0.15, 0.2) is 0 Å². The van der Waals surface area contributed by atoms with Crippen LogP contribution in [0, 0.1) is 0 Å². The van der Waals surface area contributed by atoms with Crippen molar-refractivity contribution in [2.75, 3.05) is 30.6 Å². The zero-order valence-electron chi connectivity index (χ0n) is 21.5. The van der Waals surface area contributed by atoms with Gasteiger partial charge in [0.1, 0.15) is 6.17 Å². The van der Waals surface area contributed by atoms with Crippen LogP contribution in [-0.4, -0.2) is 58.5 Å². The summed E-state index contributed by atoms with van der Waals surface area (Å²) in [5.41, 5.74) is 4.82. The van der Waals surface area contributed by atoms with Crippen molar-refractivity contribution in [1.29, 1.82) is 0 Å². The van der Waals surface area contributed by atoms with E-state index in [0.29, 0.717) is 6.54 Å². The molecule has 0 aliphatic carbocycles. The van der Waals surface area contributed by atoms with Crippen molar-refractivity contribution >= 4 is 34.2 Å². The molecule has 2 N–H and O–H groups in total. The Morgan fingerprint density at radius 1 is 1.20 bits per heavy atom. The molecule has 35 heavy (non-hydrogen) atoms. The van der Waals surface area contributed by atoms with Crippen molar-refractivity contribution in [3.63, 3.8) is 0 Å². The van der Waals surface area contributed by atoms with Gasteiger partial charge >= 0.3 is 0 Å². The second kappa shape index (κ2) is 14.5. The van der Waals surface area contributed by atoms with Gasteiger partial charge in [-0.25, -0.2) is 0 Å². The molecule has 1 atom stereocenters. The topological polar surface area (TPSA) is 47.6 Å². The van der Waals surface area contributed by atoms with Crippen LogP contribution < -0.4 is 10.6 Å². The third kappa shape index (κ3) is 9.15. The summed E-state index contributed by atoms with van der Waals surface area (Å²) in [6.07, 6.45) is 17.7. The summed E-state index contributed by atoms with van der Waals surface area (Å²) < 4.78 is 0.929. The number of allylic oxidation sites excluding steroid dienone is 5. The molecule has 0 saturated carbocycles. The van der Waals surface area contributed by atoms with Crippen LogP contribution in [0.3, 0.4) is 0 Å². The first-order chi connectivity index (χ1) is 17.0. The zero-order valence-corrected chi connectivity index (χ0v) is 23.6. The molecule has 2 aliphatic heterocycles. The summed E-state index contributed by atoms with van der Waals surface area (Å²) >= 11 is 2.38. The van der Waals surface area contributed by atoms with E-state index in [0.717, 1.165) is 28.7 Å². The molecule has 2 heterocycles. The molecule has 3 rings (SSSR count). The average molecular weight is 589 g/mol. The number of nitrogens with one attached hydrogen (secondary N) is 2. The van der Waals surface area contributed by atoms with Crippen LogP contribution >= 0.6 is 22.6 Å². The van der Waals surface area contributed by atoms with Crippen LogP contribution in [0.4, 0.5) is 0 Å². The third-order valence-corrected chi connectivity index (χ3v) is 7.19. The van der Waals surface area contributed by atoms with E-state index in [2.05, 4.69) is 97.8 Å². The molecule has 0 aromatic heterocycles. The van der Waals surface area contributed by atoms with Gasteiger partial charge in [0.2, 0.25) is 5.91 Å². The number of halogens is 1. The summed E-state index contributed by atoms with van der Waals surface area (Å²) in [6, 6.07) is 9.02. The first kappa shape index (κ1) is 27.5. The summed E-state index contributed by atoms with van der Waals surface area (Å²) in [6.45, 7) is 9.95. The van der Waals surface area contributed by atoms with Gasteiger partial charge in [0.25, 0.3) is 0 Å². The highest BCUT2D eigenvalue weighted by atomic mass is 127. The van der Waals surface area contributed by atoms with E-state index in [-0.39, 0.29) is 18.1 Å². The van der Waals surface area contributed by atoms with Crippen molar-refractivity contribution in [3.8, 4) is 0 Å². The van der Waals surface area contributed by atoms with Crippen molar-refractivity contribution in [1.82, 2.24) is 20.4 Å². The number of nitrogens with zero attached hydrogens (tertiary/aromatic N) is 2. The number of hydrogen-bond donors (Lipinski definition) is 2. The summed E-state index contributed by atoms with van der Waals surface area (Å²) in [4.78, 5) is 17.2. The van der Waals surface area contributed by atoms with E-state index in [1.54, 1.807) is 0 Å².